The zero-order chi connectivity index (χ0) is 12.4. The lowest BCUT2D eigenvalue weighted by Gasteiger charge is -2.05. The number of hydrogen-bond donors (Lipinski definition) is 2. The molecule has 0 saturated heterocycles. The van der Waals surface area contributed by atoms with Crippen molar-refractivity contribution >= 4 is 15.9 Å². The Hall–Kier alpha value is -2.06. The third-order valence-corrected chi connectivity index (χ3v) is 2.80. The molecule has 2 rings (SSSR count). The lowest BCUT2D eigenvalue weighted by molar-refractivity contribution is 0.472. The van der Waals surface area contributed by atoms with Crippen LogP contribution < -0.4 is 5.56 Å². The summed E-state index contributed by atoms with van der Waals surface area (Å²) in [5.74, 6) is -0.311. The van der Waals surface area contributed by atoms with Crippen molar-refractivity contribution in [3.05, 3.63) is 50.7 Å². The molecule has 0 saturated carbocycles. The van der Waals surface area contributed by atoms with E-state index in [-0.39, 0.29) is 11.3 Å². The number of rotatable bonds is 1. The van der Waals surface area contributed by atoms with Crippen molar-refractivity contribution in [2.45, 2.75) is 0 Å². The summed E-state index contributed by atoms with van der Waals surface area (Å²) in [7, 11) is 0. The van der Waals surface area contributed by atoms with Crippen LogP contribution in [0.2, 0.25) is 0 Å². The Morgan fingerprint density at radius 1 is 1.29 bits per heavy atom. The van der Waals surface area contributed by atoms with Gasteiger partial charge in [0, 0.05) is 10.5 Å². The number of halogens is 1. The number of aromatic amines is 1. The van der Waals surface area contributed by atoms with Crippen LogP contribution in [0.5, 0.6) is 5.75 Å². The SMILES string of the molecule is N#Cc1c(O)cc(=O)[nH]c1-c1ccc(Br)cc1. The summed E-state index contributed by atoms with van der Waals surface area (Å²) in [5.41, 5.74) is 0.606. The van der Waals surface area contributed by atoms with Crippen molar-refractivity contribution in [1.29, 1.82) is 5.26 Å². The monoisotopic (exact) mass is 290 g/mol. The molecule has 1 aromatic carbocycles. The summed E-state index contributed by atoms with van der Waals surface area (Å²) in [4.78, 5) is 13.8. The molecule has 84 valence electrons. The maximum Gasteiger partial charge on any atom is 0.252 e. The predicted molar refractivity (Wildman–Crippen MR) is 66.6 cm³/mol. The molecule has 2 aromatic rings. The number of aromatic hydroxyl groups is 1. The van der Waals surface area contributed by atoms with Gasteiger partial charge >= 0.3 is 0 Å². The number of pyridine rings is 1. The van der Waals surface area contributed by atoms with E-state index in [1.54, 1.807) is 24.3 Å². The van der Waals surface area contributed by atoms with E-state index < -0.39 is 5.56 Å². The summed E-state index contributed by atoms with van der Waals surface area (Å²) < 4.78 is 0.891. The van der Waals surface area contributed by atoms with Crippen LogP contribution in [0.3, 0.4) is 0 Å². The molecule has 0 unspecified atom stereocenters. The van der Waals surface area contributed by atoms with Gasteiger partial charge in [-0.15, -0.1) is 0 Å². The number of nitrogens with zero attached hydrogens (tertiary/aromatic N) is 1. The fourth-order valence-corrected chi connectivity index (χ4v) is 1.76. The molecule has 4 nitrogen and oxygen atoms in total. The van der Waals surface area contributed by atoms with Crippen molar-refractivity contribution in [1.82, 2.24) is 4.98 Å². The second-order valence-corrected chi connectivity index (χ2v) is 4.30. The first kappa shape index (κ1) is 11.4. The number of H-pyrrole nitrogens is 1. The molecule has 5 heteroatoms. The van der Waals surface area contributed by atoms with Gasteiger partial charge in [-0.25, -0.2) is 0 Å². The lowest BCUT2D eigenvalue weighted by Crippen LogP contribution is -2.06. The molecule has 0 bridgehead atoms. The van der Waals surface area contributed by atoms with E-state index in [1.807, 2.05) is 6.07 Å². The Kier molecular flexibility index (Phi) is 2.98. The molecule has 0 aliphatic carbocycles. The highest BCUT2D eigenvalue weighted by Gasteiger charge is 2.11. The van der Waals surface area contributed by atoms with Crippen molar-refractivity contribution in [3.8, 4) is 23.1 Å². The van der Waals surface area contributed by atoms with Gasteiger partial charge in [0.25, 0.3) is 5.56 Å². The summed E-state index contributed by atoms with van der Waals surface area (Å²) in [5, 5.41) is 18.5. The third-order valence-electron chi connectivity index (χ3n) is 2.27. The Balaban J connectivity index is 2.71. The molecule has 1 aromatic heterocycles. The fourth-order valence-electron chi connectivity index (χ4n) is 1.49. The molecule has 0 aliphatic heterocycles. The zero-order valence-electron chi connectivity index (χ0n) is 8.57. The van der Waals surface area contributed by atoms with Gasteiger partial charge in [0.05, 0.1) is 5.69 Å². The molecule has 0 fully saturated rings. The average molecular weight is 291 g/mol. The van der Waals surface area contributed by atoms with Gasteiger partial charge in [-0.1, -0.05) is 28.1 Å². The molecule has 0 radical (unpaired) electrons. The standard InChI is InChI=1S/C12H7BrN2O2/c13-8-3-1-7(2-4-8)12-9(6-14)10(16)5-11(17)15-12/h1-5H,(H2,15,16,17). The number of benzene rings is 1. The maximum atomic E-state index is 11.3. The average Bonchev–Trinajstić information content (AvgIpc) is 2.29. The molecule has 17 heavy (non-hydrogen) atoms. The molecule has 0 spiro atoms. The predicted octanol–water partition coefficient (Wildman–Crippen LogP) is 2.38. The first-order chi connectivity index (χ1) is 8.11. The second kappa shape index (κ2) is 4.44. The highest BCUT2D eigenvalue weighted by Crippen LogP contribution is 2.26. The number of hydrogen-bond acceptors (Lipinski definition) is 3. The minimum atomic E-state index is -0.445. The van der Waals surface area contributed by atoms with Crippen LogP contribution >= 0.6 is 15.9 Å². The van der Waals surface area contributed by atoms with Crippen molar-refractivity contribution in [2.24, 2.45) is 0 Å². The van der Waals surface area contributed by atoms with Crippen LogP contribution in [0.25, 0.3) is 11.3 Å². The maximum absolute atomic E-state index is 11.3. The van der Waals surface area contributed by atoms with E-state index in [4.69, 9.17) is 5.26 Å². The van der Waals surface area contributed by atoms with Crippen LogP contribution in [0.1, 0.15) is 5.56 Å². The summed E-state index contributed by atoms with van der Waals surface area (Å²) in [6.45, 7) is 0. The summed E-state index contributed by atoms with van der Waals surface area (Å²) in [6.07, 6.45) is 0. The zero-order valence-corrected chi connectivity index (χ0v) is 10.2. The van der Waals surface area contributed by atoms with E-state index in [9.17, 15) is 9.90 Å². The van der Waals surface area contributed by atoms with Crippen LogP contribution in [-0.4, -0.2) is 10.1 Å². The molecule has 2 N–H and O–H groups in total. The summed E-state index contributed by atoms with van der Waals surface area (Å²) >= 11 is 3.30. The lowest BCUT2D eigenvalue weighted by atomic mass is 10.1. The first-order valence-corrected chi connectivity index (χ1v) is 5.53. The Morgan fingerprint density at radius 3 is 2.53 bits per heavy atom. The largest absolute Gasteiger partial charge is 0.506 e. The van der Waals surface area contributed by atoms with Gasteiger partial charge in [-0.2, -0.15) is 5.26 Å². The quantitative estimate of drug-likeness (QED) is 0.846. The number of aromatic nitrogens is 1. The molecular weight excluding hydrogens is 284 g/mol. The topological polar surface area (TPSA) is 76.9 Å². The second-order valence-electron chi connectivity index (χ2n) is 3.39. The summed E-state index contributed by atoms with van der Waals surface area (Å²) in [6, 6.07) is 9.93. The van der Waals surface area contributed by atoms with Crippen molar-refractivity contribution in [3.63, 3.8) is 0 Å². The molecule has 0 atom stereocenters. The molecule has 1 heterocycles. The highest BCUT2D eigenvalue weighted by molar-refractivity contribution is 9.10. The van der Waals surface area contributed by atoms with Crippen LogP contribution in [-0.2, 0) is 0 Å². The van der Waals surface area contributed by atoms with E-state index >= 15 is 0 Å². The van der Waals surface area contributed by atoms with Gasteiger partial charge in [0.2, 0.25) is 0 Å². The number of nitriles is 1. The molecular formula is C12H7BrN2O2. The third kappa shape index (κ3) is 2.22. The molecule has 0 amide bonds. The fraction of sp³-hybridized carbons (Fsp3) is 0. The Bertz CT molecular complexity index is 654. The van der Waals surface area contributed by atoms with E-state index in [0.29, 0.717) is 11.3 Å². The molecule has 0 aliphatic rings. The smallest absolute Gasteiger partial charge is 0.252 e. The Morgan fingerprint density at radius 2 is 1.94 bits per heavy atom. The minimum Gasteiger partial charge on any atom is -0.506 e. The van der Waals surface area contributed by atoms with E-state index in [1.165, 1.54) is 0 Å². The highest BCUT2D eigenvalue weighted by atomic mass is 79.9. The van der Waals surface area contributed by atoms with Gasteiger partial charge < -0.3 is 10.1 Å². The van der Waals surface area contributed by atoms with E-state index in [0.717, 1.165) is 10.5 Å². The van der Waals surface area contributed by atoms with Gasteiger partial charge in [0.15, 0.2) is 0 Å². The normalized spacial score (nSPS) is 9.88. The van der Waals surface area contributed by atoms with Crippen molar-refractivity contribution < 1.29 is 5.11 Å². The van der Waals surface area contributed by atoms with Gasteiger partial charge in [-0.05, 0) is 17.7 Å². The van der Waals surface area contributed by atoms with E-state index in [2.05, 4.69) is 20.9 Å². The Labute approximate surface area is 105 Å². The van der Waals surface area contributed by atoms with Crippen LogP contribution in [0.4, 0.5) is 0 Å². The van der Waals surface area contributed by atoms with Crippen LogP contribution in [0.15, 0.2) is 39.6 Å². The first-order valence-electron chi connectivity index (χ1n) is 4.74. The van der Waals surface area contributed by atoms with Gasteiger partial charge in [0.1, 0.15) is 17.4 Å². The van der Waals surface area contributed by atoms with Crippen molar-refractivity contribution in [2.75, 3.05) is 0 Å². The number of nitrogens with one attached hydrogen (secondary N) is 1. The minimum absolute atomic E-state index is 0.0620. The van der Waals surface area contributed by atoms with Crippen LogP contribution in [0, 0.1) is 11.3 Å². The van der Waals surface area contributed by atoms with Gasteiger partial charge in [-0.3, -0.25) is 4.79 Å².